The Hall–Kier alpha value is -1.91. The lowest BCUT2D eigenvalue weighted by molar-refractivity contribution is -0.153. The van der Waals surface area contributed by atoms with Crippen LogP contribution >= 0.6 is 11.6 Å². The highest BCUT2D eigenvalue weighted by atomic mass is 35.5. The standard InChI is InChI=1S/C25H29ClFNO2/c1-16-3-12-21-22(13-16)30-23(18-6-10-20(27)11-7-18)15-25(21,2)28-24(29)14-17-4-8-19(26)9-5-17/h4-11,16,21-23H,3,12-15H2,1-2H3,(H,28,29)/t16-,21-,22-,23-,25-/m0/s1. The quantitative estimate of drug-likeness (QED) is 0.660. The second-order valence-corrected chi connectivity index (χ2v) is 9.65. The van der Waals surface area contributed by atoms with E-state index >= 15 is 0 Å². The lowest BCUT2D eigenvalue weighted by atomic mass is 9.66. The lowest BCUT2D eigenvalue weighted by Gasteiger charge is -2.52. The third-order valence-corrected chi connectivity index (χ3v) is 7.02. The van der Waals surface area contributed by atoms with Crippen molar-refractivity contribution in [2.24, 2.45) is 11.8 Å². The van der Waals surface area contributed by atoms with Crippen molar-refractivity contribution < 1.29 is 13.9 Å². The molecule has 2 fully saturated rings. The monoisotopic (exact) mass is 429 g/mol. The maximum Gasteiger partial charge on any atom is 0.224 e. The molecular formula is C25H29ClFNO2. The van der Waals surface area contributed by atoms with E-state index in [1.807, 2.05) is 24.3 Å². The molecule has 1 heterocycles. The van der Waals surface area contributed by atoms with Gasteiger partial charge in [-0.2, -0.15) is 0 Å². The normalized spacial score (nSPS) is 31.1. The molecule has 0 aromatic heterocycles. The van der Waals surface area contributed by atoms with E-state index in [9.17, 15) is 9.18 Å². The molecule has 1 saturated heterocycles. The molecule has 0 unspecified atom stereocenters. The van der Waals surface area contributed by atoms with E-state index in [4.69, 9.17) is 16.3 Å². The number of benzene rings is 2. The Balaban J connectivity index is 1.54. The molecule has 1 aliphatic heterocycles. The number of nitrogens with one attached hydrogen (secondary N) is 1. The summed E-state index contributed by atoms with van der Waals surface area (Å²) in [7, 11) is 0. The first kappa shape index (κ1) is 21.3. The summed E-state index contributed by atoms with van der Waals surface area (Å²) in [4.78, 5) is 13.0. The van der Waals surface area contributed by atoms with Crippen LogP contribution < -0.4 is 5.32 Å². The van der Waals surface area contributed by atoms with Crippen LogP contribution in [0.4, 0.5) is 4.39 Å². The van der Waals surface area contributed by atoms with Crippen LogP contribution in [0.2, 0.25) is 5.02 Å². The third-order valence-electron chi connectivity index (χ3n) is 6.77. The van der Waals surface area contributed by atoms with Gasteiger partial charge < -0.3 is 10.1 Å². The van der Waals surface area contributed by atoms with Crippen molar-refractivity contribution in [3.8, 4) is 0 Å². The Morgan fingerprint density at radius 1 is 1.17 bits per heavy atom. The van der Waals surface area contributed by atoms with E-state index in [0.717, 1.165) is 30.4 Å². The van der Waals surface area contributed by atoms with E-state index in [2.05, 4.69) is 19.2 Å². The molecule has 0 spiro atoms. The largest absolute Gasteiger partial charge is 0.370 e. The molecule has 2 aliphatic rings. The molecule has 4 rings (SSSR count). The highest BCUT2D eigenvalue weighted by Crippen LogP contribution is 2.47. The van der Waals surface area contributed by atoms with Gasteiger partial charge in [0.05, 0.1) is 18.6 Å². The number of halogens is 2. The number of amides is 1. The van der Waals surface area contributed by atoms with Gasteiger partial charge in [-0.15, -0.1) is 0 Å². The van der Waals surface area contributed by atoms with E-state index in [-0.39, 0.29) is 35.4 Å². The summed E-state index contributed by atoms with van der Waals surface area (Å²) in [6, 6.07) is 13.9. The van der Waals surface area contributed by atoms with Crippen LogP contribution in [0.3, 0.4) is 0 Å². The molecule has 2 aromatic carbocycles. The minimum absolute atomic E-state index is 0.0111. The van der Waals surface area contributed by atoms with Crippen LogP contribution in [0.5, 0.6) is 0 Å². The second kappa shape index (κ2) is 8.68. The van der Waals surface area contributed by atoms with Crippen LogP contribution in [0, 0.1) is 17.7 Å². The molecule has 3 nitrogen and oxygen atoms in total. The van der Waals surface area contributed by atoms with Gasteiger partial charge in [0, 0.05) is 22.9 Å². The van der Waals surface area contributed by atoms with Gasteiger partial charge in [-0.05, 0) is 61.1 Å². The summed E-state index contributed by atoms with van der Waals surface area (Å²) < 4.78 is 19.9. The molecule has 160 valence electrons. The molecule has 1 N–H and O–H groups in total. The van der Waals surface area contributed by atoms with Crippen molar-refractivity contribution in [1.82, 2.24) is 5.32 Å². The first-order valence-electron chi connectivity index (χ1n) is 10.8. The van der Waals surface area contributed by atoms with E-state index < -0.39 is 0 Å². The molecule has 5 atom stereocenters. The maximum atomic E-state index is 13.4. The van der Waals surface area contributed by atoms with E-state index in [0.29, 0.717) is 23.8 Å². The molecule has 0 radical (unpaired) electrons. The minimum Gasteiger partial charge on any atom is -0.370 e. The van der Waals surface area contributed by atoms with Gasteiger partial charge in [-0.3, -0.25) is 4.79 Å². The molecular weight excluding hydrogens is 401 g/mol. The van der Waals surface area contributed by atoms with Crippen LogP contribution in [0.1, 0.15) is 56.8 Å². The number of carbonyl (C=O) groups excluding carboxylic acids is 1. The molecule has 5 heteroatoms. The van der Waals surface area contributed by atoms with Crippen LogP contribution in [0.15, 0.2) is 48.5 Å². The summed E-state index contributed by atoms with van der Waals surface area (Å²) in [5.74, 6) is 0.640. The second-order valence-electron chi connectivity index (χ2n) is 9.21. The molecule has 30 heavy (non-hydrogen) atoms. The van der Waals surface area contributed by atoms with Gasteiger partial charge >= 0.3 is 0 Å². The number of hydrogen-bond acceptors (Lipinski definition) is 2. The zero-order valence-electron chi connectivity index (χ0n) is 17.5. The SMILES string of the molecule is C[C@H]1CC[C@H]2[C@H](C1)O[C@H](c1ccc(F)cc1)C[C@]2(C)NC(=O)Cc1ccc(Cl)cc1. The number of rotatable bonds is 4. The fourth-order valence-electron chi connectivity index (χ4n) is 5.17. The van der Waals surface area contributed by atoms with Crippen LogP contribution in [0.25, 0.3) is 0 Å². The van der Waals surface area contributed by atoms with Crippen molar-refractivity contribution in [2.45, 2.75) is 63.7 Å². The van der Waals surface area contributed by atoms with Crippen LogP contribution in [-0.4, -0.2) is 17.6 Å². The number of ether oxygens (including phenoxy) is 1. The summed E-state index contributed by atoms with van der Waals surface area (Å²) >= 11 is 5.96. The summed E-state index contributed by atoms with van der Waals surface area (Å²) in [6.07, 6.45) is 4.12. The number of hydrogen-bond donors (Lipinski definition) is 1. The van der Waals surface area contributed by atoms with Gasteiger partial charge in [-0.1, -0.05) is 49.2 Å². The van der Waals surface area contributed by atoms with Crippen LogP contribution in [-0.2, 0) is 16.0 Å². The Morgan fingerprint density at radius 3 is 2.57 bits per heavy atom. The zero-order chi connectivity index (χ0) is 21.3. The Bertz CT molecular complexity index is 885. The van der Waals surface area contributed by atoms with Crippen molar-refractivity contribution in [3.63, 3.8) is 0 Å². The first-order chi connectivity index (χ1) is 14.3. The van der Waals surface area contributed by atoms with Crippen molar-refractivity contribution in [1.29, 1.82) is 0 Å². The number of carbonyl (C=O) groups is 1. The lowest BCUT2D eigenvalue weighted by Crippen LogP contribution is -2.60. The predicted molar refractivity (Wildman–Crippen MR) is 117 cm³/mol. The fourth-order valence-corrected chi connectivity index (χ4v) is 5.30. The van der Waals surface area contributed by atoms with Gasteiger partial charge in [0.2, 0.25) is 5.91 Å². The third kappa shape index (κ3) is 4.70. The van der Waals surface area contributed by atoms with Gasteiger partial charge in [-0.25, -0.2) is 4.39 Å². The van der Waals surface area contributed by atoms with Crippen molar-refractivity contribution in [3.05, 3.63) is 70.5 Å². The van der Waals surface area contributed by atoms with Crippen molar-refractivity contribution >= 4 is 17.5 Å². The maximum absolute atomic E-state index is 13.4. The van der Waals surface area contributed by atoms with E-state index in [1.54, 1.807) is 12.1 Å². The molecule has 2 aromatic rings. The first-order valence-corrected chi connectivity index (χ1v) is 11.2. The number of fused-ring (bicyclic) bond motifs is 1. The van der Waals surface area contributed by atoms with Gasteiger partial charge in [0.25, 0.3) is 0 Å². The summed E-state index contributed by atoms with van der Waals surface area (Å²) in [6.45, 7) is 4.41. The minimum atomic E-state index is -0.369. The summed E-state index contributed by atoms with van der Waals surface area (Å²) in [5, 5.41) is 4.02. The van der Waals surface area contributed by atoms with E-state index in [1.165, 1.54) is 12.1 Å². The Morgan fingerprint density at radius 2 is 1.87 bits per heavy atom. The van der Waals surface area contributed by atoms with Crippen molar-refractivity contribution in [2.75, 3.05) is 0 Å². The Kier molecular flexibility index (Phi) is 6.17. The average Bonchev–Trinajstić information content (AvgIpc) is 2.69. The van der Waals surface area contributed by atoms with Gasteiger partial charge in [0.15, 0.2) is 0 Å². The predicted octanol–water partition coefficient (Wildman–Crippen LogP) is 5.86. The molecule has 1 aliphatic carbocycles. The Labute approximate surface area is 183 Å². The fraction of sp³-hybridized carbons (Fsp3) is 0.480. The molecule has 1 saturated carbocycles. The van der Waals surface area contributed by atoms with Gasteiger partial charge in [0.1, 0.15) is 5.82 Å². The molecule has 0 bridgehead atoms. The highest BCUT2D eigenvalue weighted by Gasteiger charge is 2.49. The smallest absolute Gasteiger partial charge is 0.224 e. The summed E-state index contributed by atoms with van der Waals surface area (Å²) in [5.41, 5.74) is 1.54. The highest BCUT2D eigenvalue weighted by molar-refractivity contribution is 6.30. The average molecular weight is 430 g/mol. The topological polar surface area (TPSA) is 38.3 Å². The molecule has 1 amide bonds. The zero-order valence-corrected chi connectivity index (χ0v) is 18.3.